The lowest BCUT2D eigenvalue weighted by Crippen LogP contribution is -2.31. The number of hydrogen-bond acceptors (Lipinski definition) is 2. The first-order valence-electron chi connectivity index (χ1n) is 10.7. The second kappa shape index (κ2) is 9.21. The minimum atomic E-state index is 0.469. The van der Waals surface area contributed by atoms with Crippen LogP contribution in [0.25, 0.3) is 0 Å². The van der Waals surface area contributed by atoms with Crippen molar-refractivity contribution >= 4 is 5.71 Å². The molecule has 1 fully saturated rings. The molecule has 0 saturated heterocycles. The molecule has 2 aliphatic carbocycles. The van der Waals surface area contributed by atoms with Crippen molar-refractivity contribution < 1.29 is 4.84 Å². The Morgan fingerprint density at radius 3 is 2.22 bits per heavy atom. The highest BCUT2D eigenvalue weighted by molar-refractivity contribution is 5.94. The summed E-state index contributed by atoms with van der Waals surface area (Å²) in [5.74, 6) is 1.11. The van der Waals surface area contributed by atoms with Gasteiger partial charge >= 0.3 is 0 Å². The van der Waals surface area contributed by atoms with Crippen molar-refractivity contribution in [2.24, 2.45) is 5.16 Å². The number of nitrogens with zero attached hydrogens (tertiary/aromatic N) is 1. The summed E-state index contributed by atoms with van der Waals surface area (Å²) in [7, 11) is 0. The highest BCUT2D eigenvalue weighted by atomic mass is 16.6. The molecule has 0 aliphatic heterocycles. The molecule has 2 nitrogen and oxygen atoms in total. The van der Waals surface area contributed by atoms with Crippen LogP contribution in [-0.4, -0.2) is 5.71 Å². The van der Waals surface area contributed by atoms with Gasteiger partial charge in [-0.15, -0.1) is 0 Å². The van der Waals surface area contributed by atoms with Crippen molar-refractivity contribution in [3.8, 4) is 0 Å². The van der Waals surface area contributed by atoms with Gasteiger partial charge in [0.05, 0.1) is 5.71 Å². The van der Waals surface area contributed by atoms with Crippen molar-refractivity contribution in [3.05, 3.63) is 71.3 Å². The third-order valence-electron chi connectivity index (χ3n) is 6.20. The van der Waals surface area contributed by atoms with E-state index < -0.39 is 0 Å². The summed E-state index contributed by atoms with van der Waals surface area (Å²) >= 11 is 0. The summed E-state index contributed by atoms with van der Waals surface area (Å²) in [6.45, 7) is 0.559. The Bertz CT molecular complexity index is 752. The fourth-order valence-electron chi connectivity index (χ4n) is 4.74. The lowest BCUT2D eigenvalue weighted by atomic mass is 9.63. The highest BCUT2D eigenvalue weighted by Gasteiger charge is 2.40. The topological polar surface area (TPSA) is 21.6 Å². The summed E-state index contributed by atoms with van der Waals surface area (Å²) in [4.78, 5) is 5.84. The standard InChI is InChI=1S/C25H31NO/c1-2-4-9-16-22-21-15-11-12-17-23(21)25(22)24(18-10-5-3-1)26-27-19-20-13-7-6-8-14-20/h6-8,11-15,17,22,25H,1-5,9-10,16,18-19H2. The SMILES string of the molecule is c1ccc(CON=C2CCCCCCCCCC3c4ccccc4C23)cc1. The van der Waals surface area contributed by atoms with Gasteiger partial charge in [0.15, 0.2) is 0 Å². The van der Waals surface area contributed by atoms with Crippen LogP contribution in [0.5, 0.6) is 0 Å². The maximum absolute atomic E-state index is 5.84. The van der Waals surface area contributed by atoms with Gasteiger partial charge in [-0.25, -0.2) is 0 Å². The van der Waals surface area contributed by atoms with E-state index in [4.69, 9.17) is 9.99 Å². The molecular formula is C25H31NO. The number of oxime groups is 1. The van der Waals surface area contributed by atoms with E-state index >= 15 is 0 Å². The van der Waals surface area contributed by atoms with E-state index in [0.29, 0.717) is 18.4 Å². The second-order valence-electron chi connectivity index (χ2n) is 8.07. The van der Waals surface area contributed by atoms with Crippen molar-refractivity contribution in [1.29, 1.82) is 0 Å². The molecule has 0 aromatic heterocycles. The Morgan fingerprint density at radius 2 is 1.41 bits per heavy atom. The van der Waals surface area contributed by atoms with Crippen LogP contribution in [0.4, 0.5) is 0 Å². The fraction of sp³-hybridized carbons (Fsp3) is 0.480. The zero-order valence-electron chi connectivity index (χ0n) is 16.3. The first-order chi connectivity index (χ1) is 13.4. The Labute approximate surface area is 163 Å². The number of benzene rings is 2. The third-order valence-corrected chi connectivity index (χ3v) is 6.20. The largest absolute Gasteiger partial charge is 0.391 e. The van der Waals surface area contributed by atoms with Gasteiger partial charge in [-0.3, -0.25) is 0 Å². The number of fused-ring (bicyclic) bond motifs is 4. The van der Waals surface area contributed by atoms with Crippen LogP contribution < -0.4 is 0 Å². The van der Waals surface area contributed by atoms with Gasteiger partial charge < -0.3 is 4.84 Å². The smallest absolute Gasteiger partial charge is 0.142 e. The molecule has 0 bridgehead atoms. The van der Waals surface area contributed by atoms with E-state index in [2.05, 4.69) is 48.5 Å². The first-order valence-corrected chi connectivity index (χ1v) is 10.7. The minimum absolute atomic E-state index is 0.469. The van der Waals surface area contributed by atoms with Crippen LogP contribution in [-0.2, 0) is 11.4 Å². The normalized spacial score (nSPS) is 24.7. The molecule has 2 aromatic rings. The summed E-state index contributed by atoms with van der Waals surface area (Å²) < 4.78 is 0. The molecule has 0 heterocycles. The molecule has 0 spiro atoms. The fourth-order valence-corrected chi connectivity index (χ4v) is 4.74. The van der Waals surface area contributed by atoms with Crippen LogP contribution in [0.1, 0.15) is 86.3 Å². The summed E-state index contributed by atoms with van der Waals surface area (Å²) in [6.07, 6.45) is 11.8. The maximum atomic E-state index is 5.84. The van der Waals surface area contributed by atoms with Crippen LogP contribution >= 0.6 is 0 Å². The molecule has 2 aliphatic rings. The summed E-state index contributed by atoms with van der Waals surface area (Å²) in [5.41, 5.74) is 5.49. The van der Waals surface area contributed by atoms with Gasteiger partial charge in [-0.2, -0.15) is 0 Å². The van der Waals surface area contributed by atoms with Crippen LogP contribution in [0.3, 0.4) is 0 Å². The highest BCUT2D eigenvalue weighted by Crippen LogP contribution is 2.51. The predicted octanol–water partition coefficient (Wildman–Crippen LogP) is 6.96. The van der Waals surface area contributed by atoms with E-state index in [-0.39, 0.29) is 0 Å². The zero-order chi connectivity index (χ0) is 18.3. The van der Waals surface area contributed by atoms with Gasteiger partial charge in [0.1, 0.15) is 6.61 Å². The van der Waals surface area contributed by atoms with Crippen LogP contribution in [0, 0.1) is 0 Å². The number of rotatable bonds is 3. The molecule has 0 radical (unpaired) electrons. The Hall–Kier alpha value is -2.09. The van der Waals surface area contributed by atoms with E-state index in [1.807, 2.05) is 6.07 Å². The molecule has 0 amide bonds. The van der Waals surface area contributed by atoms with Crippen molar-refractivity contribution in [3.63, 3.8) is 0 Å². The van der Waals surface area contributed by atoms with Gasteiger partial charge in [-0.1, -0.05) is 98.3 Å². The van der Waals surface area contributed by atoms with Gasteiger partial charge in [-0.05, 0) is 41.9 Å². The quantitative estimate of drug-likeness (QED) is 0.541. The van der Waals surface area contributed by atoms with E-state index in [9.17, 15) is 0 Å². The lowest BCUT2D eigenvalue weighted by molar-refractivity contribution is 0.128. The summed E-state index contributed by atoms with van der Waals surface area (Å²) in [5, 5.41) is 4.70. The molecule has 4 rings (SSSR count). The monoisotopic (exact) mass is 361 g/mol. The minimum Gasteiger partial charge on any atom is -0.391 e. The van der Waals surface area contributed by atoms with Gasteiger partial charge in [0, 0.05) is 5.92 Å². The third kappa shape index (κ3) is 4.43. The Balaban J connectivity index is 1.52. The van der Waals surface area contributed by atoms with Crippen molar-refractivity contribution in [2.45, 2.75) is 76.2 Å². The van der Waals surface area contributed by atoms with Crippen LogP contribution in [0.15, 0.2) is 59.8 Å². The van der Waals surface area contributed by atoms with E-state index in [1.165, 1.54) is 68.2 Å². The summed E-state index contributed by atoms with van der Waals surface area (Å²) in [6, 6.07) is 19.3. The zero-order valence-corrected chi connectivity index (χ0v) is 16.3. The van der Waals surface area contributed by atoms with E-state index in [0.717, 1.165) is 6.42 Å². The molecular weight excluding hydrogens is 330 g/mol. The molecule has 1 saturated carbocycles. The van der Waals surface area contributed by atoms with E-state index in [1.54, 1.807) is 5.56 Å². The molecule has 27 heavy (non-hydrogen) atoms. The lowest BCUT2D eigenvalue weighted by Gasteiger charge is -2.40. The van der Waals surface area contributed by atoms with Crippen molar-refractivity contribution in [1.82, 2.24) is 0 Å². The predicted molar refractivity (Wildman–Crippen MR) is 112 cm³/mol. The molecule has 142 valence electrons. The van der Waals surface area contributed by atoms with Gasteiger partial charge in [0.25, 0.3) is 0 Å². The number of hydrogen-bond donors (Lipinski definition) is 0. The molecule has 2 unspecified atom stereocenters. The first kappa shape index (κ1) is 18.3. The molecule has 2 atom stereocenters. The average Bonchev–Trinajstić information content (AvgIpc) is 2.69. The molecule has 2 heteroatoms. The average molecular weight is 362 g/mol. The molecule has 0 N–H and O–H groups in total. The van der Waals surface area contributed by atoms with Crippen molar-refractivity contribution in [2.75, 3.05) is 0 Å². The Kier molecular flexibility index (Phi) is 6.24. The maximum Gasteiger partial charge on any atom is 0.142 e. The van der Waals surface area contributed by atoms with Crippen LogP contribution in [0.2, 0.25) is 0 Å². The second-order valence-corrected chi connectivity index (χ2v) is 8.07. The van der Waals surface area contributed by atoms with Gasteiger partial charge in [0.2, 0.25) is 0 Å². The molecule has 2 aromatic carbocycles. The Morgan fingerprint density at radius 1 is 0.741 bits per heavy atom.